The number of halogens is 1. The summed E-state index contributed by atoms with van der Waals surface area (Å²) in [6, 6.07) is 0. The van der Waals surface area contributed by atoms with Crippen molar-refractivity contribution in [3.63, 3.8) is 0 Å². The molecule has 88 valence electrons. The van der Waals surface area contributed by atoms with Crippen LogP contribution in [0.5, 0.6) is 0 Å². The number of carbonyl (C=O) groups excluding carboxylic acids is 1. The number of nitrogens with zero attached hydrogens (tertiary/aromatic N) is 3. The first-order chi connectivity index (χ1) is 7.41. The Balaban J connectivity index is 3.11. The predicted molar refractivity (Wildman–Crippen MR) is 58.1 cm³/mol. The van der Waals surface area contributed by atoms with E-state index in [0.29, 0.717) is 0 Å². The Morgan fingerprint density at radius 3 is 2.94 bits per heavy atom. The SMILES string of the molecule is CCOC(=O)C(C)(Br)n1ccnc1[N+](=O)[O-]. The molecule has 1 rings (SSSR count). The largest absolute Gasteiger partial charge is 0.463 e. The minimum atomic E-state index is -1.33. The molecule has 0 aliphatic carbocycles. The summed E-state index contributed by atoms with van der Waals surface area (Å²) in [5.74, 6) is -1.04. The molecule has 1 heterocycles. The first-order valence-corrected chi connectivity index (χ1v) is 5.25. The van der Waals surface area contributed by atoms with Crippen LogP contribution >= 0.6 is 15.9 Å². The number of aromatic nitrogens is 2. The van der Waals surface area contributed by atoms with Gasteiger partial charge in [-0.2, -0.15) is 0 Å². The quantitative estimate of drug-likeness (QED) is 0.362. The molecule has 0 fully saturated rings. The summed E-state index contributed by atoms with van der Waals surface area (Å²) in [5.41, 5.74) is 0. The van der Waals surface area contributed by atoms with Crippen LogP contribution in [-0.4, -0.2) is 27.1 Å². The van der Waals surface area contributed by atoms with Crippen LogP contribution in [0, 0.1) is 10.1 Å². The van der Waals surface area contributed by atoms with Gasteiger partial charge in [-0.15, -0.1) is 0 Å². The van der Waals surface area contributed by atoms with E-state index in [2.05, 4.69) is 20.9 Å². The minimum absolute atomic E-state index is 0.197. The molecule has 16 heavy (non-hydrogen) atoms. The number of carbonyl (C=O) groups is 1. The number of nitro groups is 1. The standard InChI is InChI=1S/C8H10BrN3O4/c1-3-16-6(13)8(2,9)11-5-4-10-7(11)12(14)15/h4-5H,3H2,1-2H3. The molecule has 0 saturated heterocycles. The van der Waals surface area contributed by atoms with Crippen LogP contribution in [0.1, 0.15) is 13.8 Å². The Hall–Kier alpha value is -1.44. The van der Waals surface area contributed by atoms with Crippen molar-refractivity contribution in [3.05, 3.63) is 22.5 Å². The Bertz CT molecular complexity index is 415. The number of esters is 1. The number of ether oxygens (including phenoxy) is 1. The van der Waals surface area contributed by atoms with E-state index in [9.17, 15) is 14.9 Å². The van der Waals surface area contributed by atoms with Crippen molar-refractivity contribution in [1.82, 2.24) is 9.55 Å². The molecular weight excluding hydrogens is 282 g/mol. The molecule has 1 aromatic rings. The summed E-state index contributed by atoms with van der Waals surface area (Å²) in [4.78, 5) is 25.1. The van der Waals surface area contributed by atoms with Crippen LogP contribution in [0.2, 0.25) is 0 Å². The lowest BCUT2D eigenvalue weighted by Crippen LogP contribution is -2.34. The number of alkyl halides is 1. The molecular formula is C8H10BrN3O4. The van der Waals surface area contributed by atoms with Crippen LogP contribution in [0.3, 0.4) is 0 Å². The Kier molecular flexibility index (Phi) is 3.63. The highest BCUT2D eigenvalue weighted by Gasteiger charge is 2.40. The van der Waals surface area contributed by atoms with Crippen molar-refractivity contribution in [2.45, 2.75) is 18.3 Å². The van der Waals surface area contributed by atoms with Gasteiger partial charge in [0.25, 0.3) is 0 Å². The summed E-state index contributed by atoms with van der Waals surface area (Å²) in [5, 5.41) is 10.7. The lowest BCUT2D eigenvalue weighted by atomic mass is 10.3. The van der Waals surface area contributed by atoms with Gasteiger partial charge >= 0.3 is 11.9 Å². The fraction of sp³-hybridized carbons (Fsp3) is 0.500. The van der Waals surface area contributed by atoms with E-state index >= 15 is 0 Å². The molecule has 0 aromatic carbocycles. The maximum Gasteiger partial charge on any atom is 0.436 e. The van der Waals surface area contributed by atoms with Gasteiger partial charge < -0.3 is 14.9 Å². The highest BCUT2D eigenvalue weighted by Crippen LogP contribution is 2.29. The Labute approximate surface area is 99.7 Å². The van der Waals surface area contributed by atoms with Gasteiger partial charge in [-0.3, -0.25) is 0 Å². The van der Waals surface area contributed by atoms with E-state index in [1.807, 2.05) is 0 Å². The van der Waals surface area contributed by atoms with Crippen molar-refractivity contribution < 1.29 is 14.5 Å². The van der Waals surface area contributed by atoms with Crippen molar-refractivity contribution in [1.29, 1.82) is 0 Å². The van der Waals surface area contributed by atoms with Crippen molar-refractivity contribution in [2.75, 3.05) is 6.61 Å². The second kappa shape index (κ2) is 4.60. The molecule has 1 unspecified atom stereocenters. The number of rotatable bonds is 4. The minimum Gasteiger partial charge on any atom is -0.463 e. The molecule has 0 aliphatic rings. The number of imidazole rings is 1. The maximum absolute atomic E-state index is 11.6. The van der Waals surface area contributed by atoms with E-state index in [1.54, 1.807) is 6.92 Å². The summed E-state index contributed by atoms with van der Waals surface area (Å²) in [7, 11) is 0. The molecule has 0 spiro atoms. The first-order valence-electron chi connectivity index (χ1n) is 4.45. The third-order valence-electron chi connectivity index (χ3n) is 1.88. The van der Waals surface area contributed by atoms with Crippen LogP contribution in [-0.2, 0) is 14.0 Å². The Morgan fingerprint density at radius 1 is 1.81 bits per heavy atom. The molecule has 0 radical (unpaired) electrons. The van der Waals surface area contributed by atoms with E-state index in [4.69, 9.17) is 4.74 Å². The fourth-order valence-corrected chi connectivity index (χ4v) is 1.51. The van der Waals surface area contributed by atoms with Crippen LogP contribution in [0.4, 0.5) is 5.95 Å². The van der Waals surface area contributed by atoms with Gasteiger partial charge in [0.1, 0.15) is 12.4 Å². The van der Waals surface area contributed by atoms with Crippen LogP contribution < -0.4 is 0 Å². The Morgan fingerprint density at radius 2 is 2.44 bits per heavy atom. The molecule has 1 atom stereocenters. The molecule has 0 aliphatic heterocycles. The molecule has 7 nitrogen and oxygen atoms in total. The third kappa shape index (κ3) is 2.21. The summed E-state index contributed by atoms with van der Waals surface area (Å²) >= 11 is 3.10. The summed E-state index contributed by atoms with van der Waals surface area (Å²) in [6.45, 7) is 3.31. The van der Waals surface area contributed by atoms with E-state index < -0.39 is 21.3 Å². The molecule has 0 saturated carbocycles. The predicted octanol–water partition coefficient (Wildman–Crippen LogP) is 1.42. The average molecular weight is 292 g/mol. The normalized spacial score (nSPS) is 14.2. The zero-order valence-electron chi connectivity index (χ0n) is 8.71. The topological polar surface area (TPSA) is 87.3 Å². The summed E-state index contributed by atoms with van der Waals surface area (Å²) in [6.07, 6.45) is 2.58. The smallest absolute Gasteiger partial charge is 0.436 e. The second-order valence-electron chi connectivity index (χ2n) is 3.03. The third-order valence-corrected chi connectivity index (χ3v) is 2.59. The van der Waals surface area contributed by atoms with Gasteiger partial charge in [-0.25, -0.2) is 9.36 Å². The average Bonchev–Trinajstić information content (AvgIpc) is 2.66. The van der Waals surface area contributed by atoms with Crippen molar-refractivity contribution in [2.24, 2.45) is 0 Å². The fourth-order valence-electron chi connectivity index (χ4n) is 1.12. The lowest BCUT2D eigenvalue weighted by Gasteiger charge is -2.18. The van der Waals surface area contributed by atoms with Gasteiger partial charge in [0.15, 0.2) is 0 Å². The molecule has 0 N–H and O–H groups in total. The van der Waals surface area contributed by atoms with Gasteiger partial charge in [-0.05, 0) is 34.7 Å². The summed E-state index contributed by atoms with van der Waals surface area (Å²) < 4.78 is 4.58. The van der Waals surface area contributed by atoms with E-state index in [1.165, 1.54) is 19.3 Å². The second-order valence-corrected chi connectivity index (χ2v) is 4.57. The zero-order valence-corrected chi connectivity index (χ0v) is 10.3. The van der Waals surface area contributed by atoms with E-state index in [0.717, 1.165) is 4.57 Å². The van der Waals surface area contributed by atoms with Crippen LogP contribution in [0.25, 0.3) is 0 Å². The van der Waals surface area contributed by atoms with Crippen molar-refractivity contribution >= 4 is 27.8 Å². The highest BCUT2D eigenvalue weighted by molar-refractivity contribution is 9.10. The van der Waals surface area contributed by atoms with E-state index in [-0.39, 0.29) is 6.61 Å². The highest BCUT2D eigenvalue weighted by atomic mass is 79.9. The molecule has 0 bridgehead atoms. The zero-order chi connectivity index (χ0) is 12.3. The van der Waals surface area contributed by atoms with Crippen LogP contribution in [0.15, 0.2) is 12.4 Å². The lowest BCUT2D eigenvalue weighted by molar-refractivity contribution is -0.397. The van der Waals surface area contributed by atoms with Gasteiger partial charge in [-0.1, -0.05) is 4.98 Å². The molecule has 8 heteroatoms. The molecule has 1 aromatic heterocycles. The van der Waals surface area contributed by atoms with Gasteiger partial charge in [0.2, 0.25) is 4.45 Å². The van der Waals surface area contributed by atoms with Gasteiger partial charge in [0, 0.05) is 0 Å². The molecule has 0 amide bonds. The number of hydrogen-bond donors (Lipinski definition) is 0. The van der Waals surface area contributed by atoms with Gasteiger partial charge in [0.05, 0.1) is 6.61 Å². The first kappa shape index (κ1) is 12.6. The number of hydrogen-bond acceptors (Lipinski definition) is 5. The van der Waals surface area contributed by atoms with Crippen molar-refractivity contribution in [3.8, 4) is 0 Å². The maximum atomic E-state index is 11.6. The monoisotopic (exact) mass is 291 g/mol.